The highest BCUT2D eigenvalue weighted by Crippen LogP contribution is 2.20. The van der Waals surface area contributed by atoms with Gasteiger partial charge in [0.1, 0.15) is 11.8 Å². The Hall–Kier alpha value is -3.34. The molecule has 1 amide bonds. The van der Waals surface area contributed by atoms with Crippen molar-refractivity contribution in [2.45, 2.75) is 6.92 Å². The van der Waals surface area contributed by atoms with Crippen LogP contribution in [-0.2, 0) is 11.8 Å². The van der Waals surface area contributed by atoms with Crippen LogP contribution in [0.25, 0.3) is 5.76 Å². The molecule has 2 rings (SSSR count). The molecule has 0 spiro atoms. The van der Waals surface area contributed by atoms with Crippen molar-refractivity contribution in [2.24, 2.45) is 7.05 Å². The van der Waals surface area contributed by atoms with Crippen molar-refractivity contribution in [3.63, 3.8) is 0 Å². The van der Waals surface area contributed by atoms with E-state index in [-0.39, 0.29) is 22.6 Å². The zero-order valence-corrected chi connectivity index (χ0v) is 11.8. The average Bonchev–Trinajstić information content (AvgIpc) is 2.89. The second-order valence-electron chi connectivity index (χ2n) is 4.45. The lowest BCUT2D eigenvalue weighted by Gasteiger charge is -2.06. The average molecular weight is 300 g/mol. The van der Waals surface area contributed by atoms with Crippen LogP contribution in [-0.4, -0.2) is 20.7 Å². The van der Waals surface area contributed by atoms with E-state index in [2.05, 4.69) is 10.5 Å². The SMILES string of the molecule is Cc1oncc1/C(O)=C(\C#N)C(=O)Nc1ccn(C)c(=O)c1. The minimum atomic E-state index is -0.839. The highest BCUT2D eigenvalue weighted by atomic mass is 16.5. The molecule has 0 aliphatic rings. The number of nitriles is 1. The van der Waals surface area contributed by atoms with Crippen LogP contribution in [0.3, 0.4) is 0 Å². The number of amides is 1. The van der Waals surface area contributed by atoms with Crippen molar-refractivity contribution in [3.05, 3.63) is 51.8 Å². The Labute approximate surface area is 124 Å². The van der Waals surface area contributed by atoms with Gasteiger partial charge in [-0.2, -0.15) is 5.26 Å². The fourth-order valence-corrected chi connectivity index (χ4v) is 1.69. The first-order chi connectivity index (χ1) is 10.4. The number of aliphatic hydroxyl groups is 1. The third-order valence-electron chi connectivity index (χ3n) is 2.94. The molecule has 8 heteroatoms. The molecule has 0 aliphatic carbocycles. The van der Waals surface area contributed by atoms with E-state index in [4.69, 9.17) is 9.78 Å². The van der Waals surface area contributed by atoms with Crippen LogP contribution >= 0.6 is 0 Å². The van der Waals surface area contributed by atoms with E-state index < -0.39 is 17.2 Å². The van der Waals surface area contributed by atoms with Gasteiger partial charge >= 0.3 is 0 Å². The Morgan fingerprint density at radius 1 is 1.55 bits per heavy atom. The first-order valence-electron chi connectivity index (χ1n) is 6.17. The largest absolute Gasteiger partial charge is 0.506 e. The van der Waals surface area contributed by atoms with Crippen LogP contribution in [0.15, 0.2) is 39.4 Å². The van der Waals surface area contributed by atoms with E-state index in [1.54, 1.807) is 13.1 Å². The normalized spacial score (nSPS) is 11.5. The van der Waals surface area contributed by atoms with Crippen LogP contribution < -0.4 is 10.9 Å². The van der Waals surface area contributed by atoms with E-state index in [1.807, 2.05) is 0 Å². The van der Waals surface area contributed by atoms with E-state index >= 15 is 0 Å². The van der Waals surface area contributed by atoms with E-state index in [0.29, 0.717) is 0 Å². The number of anilines is 1. The van der Waals surface area contributed by atoms with Gasteiger partial charge in [0.05, 0.1) is 11.8 Å². The molecule has 2 heterocycles. The molecule has 2 aromatic rings. The van der Waals surface area contributed by atoms with E-state index in [1.165, 1.54) is 36.0 Å². The molecule has 2 N–H and O–H groups in total. The van der Waals surface area contributed by atoms with Crippen molar-refractivity contribution in [1.29, 1.82) is 5.26 Å². The maximum atomic E-state index is 12.1. The van der Waals surface area contributed by atoms with Crippen molar-refractivity contribution in [2.75, 3.05) is 5.32 Å². The highest BCUT2D eigenvalue weighted by molar-refractivity contribution is 6.10. The predicted octanol–water partition coefficient (Wildman–Crippen LogP) is 1.11. The lowest BCUT2D eigenvalue weighted by atomic mass is 10.1. The van der Waals surface area contributed by atoms with Crippen LogP contribution in [0.1, 0.15) is 11.3 Å². The summed E-state index contributed by atoms with van der Waals surface area (Å²) in [5.74, 6) is -1.11. The minimum Gasteiger partial charge on any atom is -0.506 e. The van der Waals surface area contributed by atoms with Gasteiger partial charge in [0.15, 0.2) is 11.3 Å². The number of hydrogen-bond donors (Lipinski definition) is 2. The zero-order valence-electron chi connectivity index (χ0n) is 11.8. The Morgan fingerprint density at radius 3 is 2.82 bits per heavy atom. The third kappa shape index (κ3) is 2.88. The van der Waals surface area contributed by atoms with Crippen LogP contribution in [0.4, 0.5) is 5.69 Å². The Kier molecular flexibility index (Phi) is 4.08. The molecule has 22 heavy (non-hydrogen) atoms. The summed E-state index contributed by atoms with van der Waals surface area (Å²) in [7, 11) is 1.56. The number of hydrogen-bond acceptors (Lipinski definition) is 6. The maximum Gasteiger partial charge on any atom is 0.270 e. The molecule has 0 saturated carbocycles. The summed E-state index contributed by atoms with van der Waals surface area (Å²) in [5.41, 5.74) is -0.460. The molecule has 0 saturated heterocycles. The van der Waals surface area contributed by atoms with E-state index in [0.717, 1.165) is 0 Å². The standard InChI is InChI=1S/C14H12N4O4/c1-8-11(7-16-22-8)13(20)10(6-15)14(21)17-9-3-4-18(2)12(19)5-9/h3-5,7,20H,1-2H3,(H,17,21)/b13-10-. The minimum absolute atomic E-state index is 0.149. The summed E-state index contributed by atoms with van der Waals surface area (Å²) in [6.07, 6.45) is 2.67. The number of pyridine rings is 1. The lowest BCUT2D eigenvalue weighted by molar-refractivity contribution is -0.112. The van der Waals surface area contributed by atoms with Gasteiger partial charge in [-0.25, -0.2) is 0 Å². The Bertz CT molecular complexity index is 854. The van der Waals surface area contributed by atoms with Gasteiger partial charge in [0, 0.05) is 25.0 Å². The molecular weight excluding hydrogens is 288 g/mol. The molecule has 0 bridgehead atoms. The quantitative estimate of drug-likeness (QED) is 0.497. The number of aromatic nitrogens is 2. The summed E-state index contributed by atoms with van der Waals surface area (Å²) >= 11 is 0. The second-order valence-corrected chi connectivity index (χ2v) is 4.45. The van der Waals surface area contributed by atoms with Gasteiger partial charge in [-0.15, -0.1) is 0 Å². The van der Waals surface area contributed by atoms with Gasteiger partial charge in [-0.1, -0.05) is 5.16 Å². The van der Waals surface area contributed by atoms with Gasteiger partial charge in [-0.3, -0.25) is 9.59 Å². The molecule has 8 nitrogen and oxygen atoms in total. The van der Waals surface area contributed by atoms with Crippen molar-refractivity contribution >= 4 is 17.4 Å². The number of carbonyl (C=O) groups is 1. The molecule has 2 aromatic heterocycles. The number of carbonyl (C=O) groups excluding carboxylic acids is 1. The monoisotopic (exact) mass is 300 g/mol. The van der Waals surface area contributed by atoms with E-state index in [9.17, 15) is 14.7 Å². The number of rotatable bonds is 3. The number of aliphatic hydroxyl groups excluding tert-OH is 1. The number of nitrogens with zero attached hydrogens (tertiary/aromatic N) is 3. The highest BCUT2D eigenvalue weighted by Gasteiger charge is 2.20. The lowest BCUT2D eigenvalue weighted by Crippen LogP contribution is -2.19. The second kappa shape index (κ2) is 5.97. The van der Waals surface area contributed by atoms with Gasteiger partial charge in [0.25, 0.3) is 11.5 Å². The smallest absolute Gasteiger partial charge is 0.270 e. The topological polar surface area (TPSA) is 121 Å². The Balaban J connectivity index is 2.34. The summed E-state index contributed by atoms with van der Waals surface area (Å²) in [5, 5.41) is 25.0. The molecule has 0 aliphatic heterocycles. The van der Waals surface area contributed by atoms with Gasteiger partial charge in [-0.05, 0) is 13.0 Å². The van der Waals surface area contributed by atoms with Gasteiger partial charge in [0.2, 0.25) is 0 Å². The first-order valence-corrected chi connectivity index (χ1v) is 6.17. The fraction of sp³-hybridized carbons (Fsp3) is 0.143. The number of nitrogens with one attached hydrogen (secondary N) is 1. The van der Waals surface area contributed by atoms with Crippen LogP contribution in [0, 0.1) is 18.3 Å². The summed E-state index contributed by atoms with van der Waals surface area (Å²) in [4.78, 5) is 23.6. The third-order valence-corrected chi connectivity index (χ3v) is 2.94. The molecule has 112 valence electrons. The Morgan fingerprint density at radius 2 is 2.27 bits per heavy atom. The zero-order chi connectivity index (χ0) is 16.3. The van der Waals surface area contributed by atoms with Crippen LogP contribution in [0.2, 0.25) is 0 Å². The molecule has 0 unspecified atom stereocenters. The maximum absolute atomic E-state index is 12.1. The van der Waals surface area contributed by atoms with Crippen LogP contribution in [0.5, 0.6) is 0 Å². The summed E-state index contributed by atoms with van der Waals surface area (Å²) in [6.45, 7) is 1.53. The van der Waals surface area contributed by atoms with Crippen molar-refractivity contribution in [1.82, 2.24) is 9.72 Å². The molecule has 0 fully saturated rings. The van der Waals surface area contributed by atoms with Crippen molar-refractivity contribution in [3.8, 4) is 6.07 Å². The predicted molar refractivity (Wildman–Crippen MR) is 76.7 cm³/mol. The summed E-state index contributed by atoms with van der Waals surface area (Å²) in [6, 6.07) is 4.33. The molecular formula is C14H12N4O4. The summed E-state index contributed by atoms with van der Waals surface area (Å²) < 4.78 is 6.11. The number of aryl methyl sites for hydroxylation is 2. The molecule has 0 aromatic carbocycles. The van der Waals surface area contributed by atoms with Crippen molar-refractivity contribution < 1.29 is 14.4 Å². The first kappa shape index (κ1) is 15.1. The fourth-order valence-electron chi connectivity index (χ4n) is 1.69. The molecule has 0 radical (unpaired) electrons. The van der Waals surface area contributed by atoms with Gasteiger partial charge < -0.3 is 19.5 Å². The molecule has 0 atom stereocenters.